The molecule has 0 radical (unpaired) electrons. The van der Waals surface area contributed by atoms with Gasteiger partial charge in [0, 0.05) is 30.1 Å². The Balaban J connectivity index is 2.07. The van der Waals surface area contributed by atoms with Gasteiger partial charge in [0.1, 0.15) is 0 Å². The van der Waals surface area contributed by atoms with Crippen molar-refractivity contribution in [2.45, 2.75) is 51.6 Å². The minimum Gasteiger partial charge on any atom is -0.349 e. The van der Waals surface area contributed by atoms with Crippen molar-refractivity contribution < 1.29 is 0 Å². The third-order valence-electron chi connectivity index (χ3n) is 4.22. The molecule has 0 aromatic carbocycles. The van der Waals surface area contributed by atoms with Crippen molar-refractivity contribution in [2.24, 2.45) is 5.73 Å². The zero-order chi connectivity index (χ0) is 13.4. The SMILES string of the molecule is CCC1CCC(C)N1c1nc2sccn2c1CCN. The molecule has 2 atom stereocenters. The Morgan fingerprint density at radius 2 is 2.32 bits per heavy atom. The van der Waals surface area contributed by atoms with Crippen LogP contribution in [0, 0.1) is 0 Å². The first-order valence-corrected chi connectivity index (χ1v) is 8.07. The summed E-state index contributed by atoms with van der Waals surface area (Å²) in [5.74, 6) is 1.18. The molecular weight excluding hydrogens is 256 g/mol. The fraction of sp³-hybridized carbons (Fsp3) is 0.643. The van der Waals surface area contributed by atoms with E-state index >= 15 is 0 Å². The Bertz CT molecular complexity index is 559. The molecule has 104 valence electrons. The van der Waals surface area contributed by atoms with Crippen molar-refractivity contribution in [1.82, 2.24) is 9.38 Å². The molecule has 0 bridgehead atoms. The maximum atomic E-state index is 5.79. The molecule has 0 spiro atoms. The maximum absolute atomic E-state index is 5.79. The van der Waals surface area contributed by atoms with Gasteiger partial charge in [-0.15, -0.1) is 11.3 Å². The van der Waals surface area contributed by atoms with Crippen molar-refractivity contribution in [1.29, 1.82) is 0 Å². The van der Waals surface area contributed by atoms with Gasteiger partial charge in [0.2, 0.25) is 0 Å². The molecule has 0 saturated carbocycles. The number of nitrogens with two attached hydrogens (primary N) is 1. The molecule has 1 fully saturated rings. The number of thiazole rings is 1. The number of nitrogens with zero attached hydrogens (tertiary/aromatic N) is 3. The summed E-state index contributed by atoms with van der Waals surface area (Å²) in [6.07, 6.45) is 6.75. The largest absolute Gasteiger partial charge is 0.349 e. The van der Waals surface area contributed by atoms with Crippen LogP contribution in [0.5, 0.6) is 0 Å². The number of aromatic nitrogens is 2. The summed E-state index contributed by atoms with van der Waals surface area (Å²) in [5.41, 5.74) is 7.08. The van der Waals surface area contributed by atoms with E-state index in [9.17, 15) is 0 Å². The van der Waals surface area contributed by atoms with E-state index in [1.54, 1.807) is 11.3 Å². The predicted molar refractivity (Wildman–Crippen MR) is 81.1 cm³/mol. The highest BCUT2D eigenvalue weighted by atomic mass is 32.1. The van der Waals surface area contributed by atoms with Crippen molar-refractivity contribution in [3.8, 4) is 0 Å². The van der Waals surface area contributed by atoms with Gasteiger partial charge in [-0.05, 0) is 32.7 Å². The lowest BCUT2D eigenvalue weighted by Crippen LogP contribution is -2.35. The number of rotatable bonds is 4. The van der Waals surface area contributed by atoms with Crippen molar-refractivity contribution in [2.75, 3.05) is 11.4 Å². The first kappa shape index (κ1) is 12.9. The minimum atomic E-state index is 0.589. The Morgan fingerprint density at radius 1 is 1.47 bits per heavy atom. The topological polar surface area (TPSA) is 46.6 Å². The van der Waals surface area contributed by atoms with Crippen LogP contribution in [0.25, 0.3) is 4.96 Å². The molecule has 2 aromatic heterocycles. The van der Waals surface area contributed by atoms with E-state index in [4.69, 9.17) is 10.7 Å². The van der Waals surface area contributed by atoms with Crippen LogP contribution < -0.4 is 10.6 Å². The van der Waals surface area contributed by atoms with E-state index in [2.05, 4.69) is 34.7 Å². The van der Waals surface area contributed by atoms with Gasteiger partial charge in [0.25, 0.3) is 0 Å². The van der Waals surface area contributed by atoms with Gasteiger partial charge in [-0.3, -0.25) is 4.40 Å². The number of hydrogen-bond acceptors (Lipinski definition) is 4. The summed E-state index contributed by atoms with van der Waals surface area (Å²) in [6.45, 7) is 5.27. The lowest BCUT2D eigenvalue weighted by Gasteiger charge is -2.29. The highest BCUT2D eigenvalue weighted by Crippen LogP contribution is 2.35. The molecule has 1 aliphatic heterocycles. The second-order valence-corrected chi connectivity index (χ2v) is 6.25. The molecule has 3 rings (SSSR count). The van der Waals surface area contributed by atoms with E-state index in [0.717, 1.165) is 11.4 Å². The Morgan fingerprint density at radius 3 is 3.05 bits per heavy atom. The van der Waals surface area contributed by atoms with E-state index in [-0.39, 0.29) is 0 Å². The van der Waals surface area contributed by atoms with Crippen LogP contribution in [0.3, 0.4) is 0 Å². The zero-order valence-electron chi connectivity index (χ0n) is 11.7. The fourth-order valence-corrected chi connectivity index (χ4v) is 3.98. The summed E-state index contributed by atoms with van der Waals surface area (Å²) < 4.78 is 2.21. The molecule has 3 heterocycles. The first-order valence-electron chi connectivity index (χ1n) is 7.19. The Kier molecular flexibility index (Phi) is 3.50. The smallest absolute Gasteiger partial charge is 0.195 e. The predicted octanol–water partition coefficient (Wildman–Crippen LogP) is 2.66. The van der Waals surface area contributed by atoms with Crippen LogP contribution in [0.2, 0.25) is 0 Å². The first-order chi connectivity index (χ1) is 9.26. The van der Waals surface area contributed by atoms with E-state index in [0.29, 0.717) is 18.6 Å². The molecule has 1 aliphatic rings. The lowest BCUT2D eigenvalue weighted by molar-refractivity contribution is 0.619. The highest BCUT2D eigenvalue weighted by Gasteiger charge is 2.33. The van der Waals surface area contributed by atoms with Gasteiger partial charge in [-0.1, -0.05) is 6.92 Å². The number of hydrogen-bond donors (Lipinski definition) is 1. The maximum Gasteiger partial charge on any atom is 0.195 e. The quantitative estimate of drug-likeness (QED) is 0.935. The zero-order valence-corrected chi connectivity index (χ0v) is 12.5. The highest BCUT2D eigenvalue weighted by molar-refractivity contribution is 7.15. The molecule has 0 aliphatic carbocycles. The average molecular weight is 278 g/mol. The van der Waals surface area contributed by atoms with Gasteiger partial charge < -0.3 is 10.6 Å². The normalized spacial score (nSPS) is 23.6. The summed E-state index contributed by atoms with van der Waals surface area (Å²) >= 11 is 1.70. The second-order valence-electron chi connectivity index (χ2n) is 5.37. The van der Waals surface area contributed by atoms with Gasteiger partial charge in [-0.25, -0.2) is 4.98 Å². The van der Waals surface area contributed by atoms with Crippen LogP contribution in [0.15, 0.2) is 11.6 Å². The van der Waals surface area contributed by atoms with Gasteiger partial charge in [0.15, 0.2) is 10.8 Å². The van der Waals surface area contributed by atoms with Crippen LogP contribution in [0.1, 0.15) is 38.8 Å². The molecular formula is C14H22N4S. The van der Waals surface area contributed by atoms with E-state index in [1.165, 1.54) is 30.8 Å². The molecule has 2 N–H and O–H groups in total. The van der Waals surface area contributed by atoms with Crippen molar-refractivity contribution in [3.05, 3.63) is 17.3 Å². The number of imidazole rings is 1. The third-order valence-corrected chi connectivity index (χ3v) is 4.98. The van der Waals surface area contributed by atoms with Gasteiger partial charge in [0.05, 0.1) is 5.69 Å². The third kappa shape index (κ3) is 2.05. The number of fused-ring (bicyclic) bond motifs is 1. The van der Waals surface area contributed by atoms with E-state index < -0.39 is 0 Å². The van der Waals surface area contributed by atoms with Gasteiger partial charge in [-0.2, -0.15) is 0 Å². The monoisotopic (exact) mass is 278 g/mol. The standard InChI is InChI=1S/C14H22N4S/c1-3-11-5-4-10(2)18(11)13-12(6-7-15)17-8-9-19-14(17)16-13/h8-11H,3-7,15H2,1-2H3. The average Bonchev–Trinajstić information content (AvgIpc) is 3.05. The minimum absolute atomic E-state index is 0.589. The van der Waals surface area contributed by atoms with E-state index in [1.807, 2.05) is 0 Å². The summed E-state index contributed by atoms with van der Waals surface area (Å²) in [7, 11) is 0. The molecule has 2 aromatic rings. The Labute approximate surface area is 118 Å². The molecule has 1 saturated heterocycles. The van der Waals surface area contributed by atoms with Crippen LogP contribution in [-0.2, 0) is 6.42 Å². The molecule has 0 amide bonds. The Hall–Kier alpha value is -1.07. The van der Waals surface area contributed by atoms with Crippen molar-refractivity contribution in [3.63, 3.8) is 0 Å². The van der Waals surface area contributed by atoms with Crippen LogP contribution >= 0.6 is 11.3 Å². The van der Waals surface area contributed by atoms with Gasteiger partial charge >= 0.3 is 0 Å². The molecule has 19 heavy (non-hydrogen) atoms. The summed E-state index contributed by atoms with van der Waals surface area (Å²) in [6, 6.07) is 1.22. The summed E-state index contributed by atoms with van der Waals surface area (Å²) in [5, 5.41) is 2.09. The fourth-order valence-electron chi connectivity index (χ4n) is 3.25. The summed E-state index contributed by atoms with van der Waals surface area (Å²) in [4.78, 5) is 8.50. The number of anilines is 1. The second kappa shape index (κ2) is 5.13. The van der Waals surface area contributed by atoms with Crippen LogP contribution in [0.4, 0.5) is 5.82 Å². The van der Waals surface area contributed by atoms with Crippen molar-refractivity contribution >= 4 is 22.1 Å². The lowest BCUT2D eigenvalue weighted by atomic mass is 10.1. The van der Waals surface area contributed by atoms with Crippen LogP contribution in [-0.4, -0.2) is 28.0 Å². The molecule has 5 heteroatoms. The molecule has 4 nitrogen and oxygen atoms in total. The molecule has 2 unspecified atom stereocenters.